The maximum atomic E-state index is 12.0. The Morgan fingerprint density at radius 3 is 2.70 bits per heavy atom. The number of nitrogens with one attached hydrogen (secondary N) is 2. The van der Waals surface area contributed by atoms with E-state index >= 15 is 0 Å². The third-order valence-electron chi connectivity index (χ3n) is 3.53. The quantitative estimate of drug-likeness (QED) is 0.761. The molecule has 6 heteroatoms. The van der Waals surface area contributed by atoms with Crippen LogP contribution in [0.1, 0.15) is 43.7 Å². The zero-order valence-electron chi connectivity index (χ0n) is 13.9. The van der Waals surface area contributed by atoms with Crippen LogP contribution in [0.5, 0.6) is 0 Å². The fourth-order valence-corrected chi connectivity index (χ4v) is 3.52. The van der Waals surface area contributed by atoms with Gasteiger partial charge < -0.3 is 10.6 Å². The Labute approximate surface area is 140 Å². The predicted molar refractivity (Wildman–Crippen MR) is 94.9 cm³/mol. The van der Waals surface area contributed by atoms with Crippen molar-refractivity contribution in [1.82, 2.24) is 10.3 Å². The largest absolute Gasteiger partial charge is 0.356 e. The first kappa shape index (κ1) is 17.4. The molecule has 0 unspecified atom stereocenters. The first-order chi connectivity index (χ1) is 11.0. The maximum absolute atomic E-state index is 12.0. The smallest absolute Gasteiger partial charge is 0.226 e. The number of hydrogen-bond acceptors (Lipinski definition) is 4. The first-order valence-electron chi connectivity index (χ1n) is 7.88. The van der Waals surface area contributed by atoms with Crippen molar-refractivity contribution in [2.75, 3.05) is 11.9 Å². The molecule has 0 atom stereocenters. The molecule has 5 nitrogen and oxygen atoms in total. The van der Waals surface area contributed by atoms with Crippen LogP contribution in [0.25, 0.3) is 10.2 Å². The summed E-state index contributed by atoms with van der Waals surface area (Å²) in [6, 6.07) is 4.19. The summed E-state index contributed by atoms with van der Waals surface area (Å²) in [5, 5.41) is 6.30. The van der Waals surface area contributed by atoms with Crippen molar-refractivity contribution in [3.05, 3.63) is 23.3 Å². The molecule has 23 heavy (non-hydrogen) atoms. The van der Waals surface area contributed by atoms with Gasteiger partial charge in [-0.25, -0.2) is 4.98 Å². The van der Waals surface area contributed by atoms with Gasteiger partial charge in [0.25, 0.3) is 0 Å². The van der Waals surface area contributed by atoms with Gasteiger partial charge in [-0.1, -0.05) is 23.8 Å². The van der Waals surface area contributed by atoms with Crippen molar-refractivity contribution in [3.63, 3.8) is 0 Å². The van der Waals surface area contributed by atoms with Gasteiger partial charge in [-0.2, -0.15) is 0 Å². The van der Waals surface area contributed by atoms with E-state index in [1.807, 2.05) is 6.92 Å². The molecule has 0 aliphatic carbocycles. The van der Waals surface area contributed by atoms with Crippen LogP contribution in [-0.2, 0) is 9.59 Å². The third-order valence-corrected chi connectivity index (χ3v) is 4.45. The van der Waals surface area contributed by atoms with Crippen LogP contribution in [0.3, 0.4) is 0 Å². The molecule has 1 aromatic heterocycles. The fraction of sp³-hybridized carbons (Fsp3) is 0.471. The lowest BCUT2D eigenvalue weighted by Crippen LogP contribution is -2.20. The molecular weight excluding hydrogens is 310 g/mol. The van der Waals surface area contributed by atoms with Crippen LogP contribution >= 0.6 is 11.3 Å². The first-order valence-corrected chi connectivity index (χ1v) is 8.69. The number of anilines is 1. The molecule has 2 aromatic rings. The monoisotopic (exact) mass is 333 g/mol. The van der Waals surface area contributed by atoms with Gasteiger partial charge in [-0.15, -0.1) is 0 Å². The van der Waals surface area contributed by atoms with Gasteiger partial charge in [0.1, 0.15) is 0 Å². The van der Waals surface area contributed by atoms with Crippen LogP contribution in [-0.4, -0.2) is 23.3 Å². The summed E-state index contributed by atoms with van der Waals surface area (Å²) in [5.41, 5.74) is 3.30. The number of amides is 2. The van der Waals surface area contributed by atoms with E-state index in [-0.39, 0.29) is 11.8 Å². The summed E-state index contributed by atoms with van der Waals surface area (Å²) in [5.74, 6) is -0.0120. The summed E-state index contributed by atoms with van der Waals surface area (Å²) in [6.07, 6.45) is 3.11. The summed E-state index contributed by atoms with van der Waals surface area (Å²) in [4.78, 5) is 27.2. The molecule has 1 aromatic carbocycles. The van der Waals surface area contributed by atoms with E-state index < -0.39 is 0 Å². The highest BCUT2D eigenvalue weighted by molar-refractivity contribution is 7.22. The van der Waals surface area contributed by atoms with Gasteiger partial charge in [0.15, 0.2) is 5.13 Å². The molecule has 0 aliphatic rings. The molecule has 2 amide bonds. The number of thiazole rings is 1. The van der Waals surface area contributed by atoms with E-state index in [0.717, 1.165) is 35.0 Å². The maximum Gasteiger partial charge on any atom is 0.226 e. The van der Waals surface area contributed by atoms with Gasteiger partial charge in [0.05, 0.1) is 10.2 Å². The van der Waals surface area contributed by atoms with Gasteiger partial charge in [-0.3, -0.25) is 9.59 Å². The van der Waals surface area contributed by atoms with Crippen LogP contribution in [0.2, 0.25) is 0 Å². The number of benzene rings is 1. The average Bonchev–Trinajstić information content (AvgIpc) is 2.85. The Morgan fingerprint density at radius 2 is 1.96 bits per heavy atom. The second kappa shape index (κ2) is 8.06. The van der Waals surface area contributed by atoms with Gasteiger partial charge in [0, 0.05) is 19.9 Å². The van der Waals surface area contributed by atoms with Gasteiger partial charge in [-0.05, 0) is 43.9 Å². The number of nitrogens with zero attached hydrogens (tertiary/aromatic N) is 1. The molecule has 0 radical (unpaired) electrons. The SMILES string of the molecule is CC(=O)NCCCCCC(=O)Nc1nc2c(C)cc(C)cc2s1. The highest BCUT2D eigenvalue weighted by Crippen LogP contribution is 2.29. The van der Waals surface area contributed by atoms with E-state index in [1.54, 1.807) is 0 Å². The molecule has 0 aliphatic heterocycles. The highest BCUT2D eigenvalue weighted by atomic mass is 32.1. The molecule has 0 fully saturated rings. The number of unbranched alkanes of at least 4 members (excludes halogenated alkanes) is 2. The number of fused-ring (bicyclic) bond motifs is 1. The lowest BCUT2D eigenvalue weighted by molar-refractivity contribution is -0.119. The molecule has 0 saturated heterocycles. The third kappa shape index (κ3) is 5.32. The zero-order chi connectivity index (χ0) is 16.8. The van der Waals surface area contributed by atoms with Crippen molar-refractivity contribution < 1.29 is 9.59 Å². The van der Waals surface area contributed by atoms with E-state index in [0.29, 0.717) is 18.1 Å². The van der Waals surface area contributed by atoms with Gasteiger partial charge in [0.2, 0.25) is 11.8 Å². The summed E-state index contributed by atoms with van der Waals surface area (Å²) >= 11 is 1.51. The van der Waals surface area contributed by atoms with Crippen molar-refractivity contribution in [3.8, 4) is 0 Å². The van der Waals surface area contributed by atoms with Crippen LogP contribution in [0, 0.1) is 13.8 Å². The number of hydrogen-bond donors (Lipinski definition) is 2. The van der Waals surface area contributed by atoms with Gasteiger partial charge >= 0.3 is 0 Å². The molecule has 124 valence electrons. The molecular formula is C17H23N3O2S. The second-order valence-corrected chi connectivity index (χ2v) is 6.82. The number of aryl methyl sites for hydroxylation is 2. The summed E-state index contributed by atoms with van der Waals surface area (Å²) in [7, 11) is 0. The second-order valence-electron chi connectivity index (χ2n) is 5.79. The van der Waals surface area contributed by atoms with Crippen LogP contribution < -0.4 is 10.6 Å². The average molecular weight is 333 g/mol. The minimum atomic E-state index is -0.0101. The Balaban J connectivity index is 1.79. The Bertz CT molecular complexity index is 709. The number of aromatic nitrogens is 1. The minimum Gasteiger partial charge on any atom is -0.356 e. The van der Waals surface area contributed by atoms with E-state index in [2.05, 4.69) is 34.7 Å². The van der Waals surface area contributed by atoms with E-state index in [4.69, 9.17) is 0 Å². The van der Waals surface area contributed by atoms with Crippen molar-refractivity contribution in [1.29, 1.82) is 0 Å². The summed E-state index contributed by atoms with van der Waals surface area (Å²) < 4.78 is 1.10. The standard InChI is InChI=1S/C17H23N3O2S/c1-11-9-12(2)16-14(10-11)23-17(20-16)19-15(22)7-5-4-6-8-18-13(3)21/h9-10H,4-8H2,1-3H3,(H,18,21)(H,19,20,22). The Kier molecular flexibility index (Phi) is 6.10. The Hall–Kier alpha value is -1.95. The minimum absolute atomic E-state index is 0.00189. The zero-order valence-corrected chi connectivity index (χ0v) is 14.7. The van der Waals surface area contributed by atoms with Crippen LogP contribution in [0.4, 0.5) is 5.13 Å². The topological polar surface area (TPSA) is 71.1 Å². The molecule has 0 saturated carbocycles. The number of carbonyl (C=O) groups is 2. The van der Waals surface area contributed by atoms with Crippen molar-refractivity contribution >= 4 is 38.5 Å². The van der Waals surface area contributed by atoms with E-state index in [9.17, 15) is 9.59 Å². The highest BCUT2D eigenvalue weighted by Gasteiger charge is 2.09. The van der Waals surface area contributed by atoms with Crippen molar-refractivity contribution in [2.45, 2.75) is 46.5 Å². The predicted octanol–water partition coefficient (Wildman–Crippen LogP) is 3.55. The summed E-state index contributed by atoms with van der Waals surface area (Å²) in [6.45, 7) is 6.28. The normalized spacial score (nSPS) is 10.7. The lowest BCUT2D eigenvalue weighted by Gasteiger charge is -2.03. The molecule has 0 bridgehead atoms. The lowest BCUT2D eigenvalue weighted by atomic mass is 10.1. The molecule has 2 N–H and O–H groups in total. The molecule has 0 spiro atoms. The number of carbonyl (C=O) groups excluding carboxylic acids is 2. The van der Waals surface area contributed by atoms with Crippen molar-refractivity contribution in [2.24, 2.45) is 0 Å². The van der Waals surface area contributed by atoms with Crippen LogP contribution in [0.15, 0.2) is 12.1 Å². The Morgan fingerprint density at radius 1 is 1.17 bits per heavy atom. The molecule has 1 heterocycles. The molecule has 2 rings (SSSR count). The fourth-order valence-electron chi connectivity index (χ4n) is 2.46. The van der Waals surface area contributed by atoms with E-state index in [1.165, 1.54) is 23.8 Å². The number of rotatable bonds is 7.